The predicted molar refractivity (Wildman–Crippen MR) is 137 cm³/mol. The van der Waals surface area contributed by atoms with Crippen LogP contribution in [-0.4, -0.2) is 51.8 Å². The first kappa shape index (κ1) is 27.5. The van der Waals surface area contributed by atoms with Gasteiger partial charge in [-0.1, -0.05) is 54.4 Å². The second-order valence-electron chi connectivity index (χ2n) is 9.82. The van der Waals surface area contributed by atoms with Crippen molar-refractivity contribution < 1.29 is 24.5 Å². The Labute approximate surface area is 216 Å². The quantitative estimate of drug-likeness (QED) is 0.418. The molecule has 8 heteroatoms. The van der Waals surface area contributed by atoms with Crippen LogP contribution in [0.25, 0.3) is 0 Å². The number of likely N-dealkylation sites (tertiary alicyclic amines) is 1. The highest BCUT2D eigenvalue weighted by Gasteiger charge is 2.46. The van der Waals surface area contributed by atoms with Crippen molar-refractivity contribution in [3.8, 4) is 0 Å². The smallest absolute Gasteiger partial charge is 0.304 e. The van der Waals surface area contributed by atoms with E-state index >= 15 is 0 Å². The molecule has 1 aliphatic heterocycles. The van der Waals surface area contributed by atoms with Gasteiger partial charge in [-0.25, -0.2) is 0 Å². The number of rotatable bonds is 10. The van der Waals surface area contributed by atoms with E-state index in [2.05, 4.69) is 0 Å². The Balaban J connectivity index is 2.09. The van der Waals surface area contributed by atoms with Crippen molar-refractivity contribution in [1.82, 2.24) is 4.90 Å². The number of ether oxygens (including phenoxy) is 1. The number of carboxylic acid groups (broad SMARTS) is 1. The lowest BCUT2D eigenvalue weighted by Gasteiger charge is -2.48. The summed E-state index contributed by atoms with van der Waals surface area (Å²) < 4.78 is 5.83. The molecule has 3 rings (SSSR count). The number of aliphatic carboxylic acids is 1. The molecule has 1 fully saturated rings. The average molecular weight is 522 g/mol. The first-order valence-electron chi connectivity index (χ1n) is 11.8. The third-order valence-electron chi connectivity index (χ3n) is 6.36. The maximum absolute atomic E-state index is 13.8. The zero-order valence-electron chi connectivity index (χ0n) is 20.3. The van der Waals surface area contributed by atoms with E-state index in [4.69, 9.17) is 27.9 Å². The lowest BCUT2D eigenvalue weighted by Crippen LogP contribution is -2.53. The molecule has 0 aliphatic carbocycles. The maximum Gasteiger partial charge on any atom is 0.304 e. The number of aliphatic hydroxyl groups is 1. The Morgan fingerprint density at radius 2 is 1.83 bits per heavy atom. The second-order valence-corrected chi connectivity index (χ2v) is 10.7. The van der Waals surface area contributed by atoms with Crippen molar-refractivity contribution in [2.24, 2.45) is 5.92 Å². The number of carbonyl (C=O) groups excluding carboxylic acids is 1. The summed E-state index contributed by atoms with van der Waals surface area (Å²) in [6.45, 7) is 5.63. The van der Waals surface area contributed by atoms with Gasteiger partial charge in [0, 0.05) is 21.9 Å². The molecule has 0 radical (unpaired) electrons. The predicted octanol–water partition coefficient (Wildman–Crippen LogP) is 5.71. The van der Waals surface area contributed by atoms with E-state index in [1.807, 2.05) is 37.3 Å². The summed E-state index contributed by atoms with van der Waals surface area (Å²) in [4.78, 5) is 27.3. The molecule has 0 bridgehead atoms. The zero-order valence-corrected chi connectivity index (χ0v) is 21.8. The van der Waals surface area contributed by atoms with E-state index in [9.17, 15) is 19.8 Å². The Kier molecular flexibility index (Phi) is 9.22. The summed E-state index contributed by atoms with van der Waals surface area (Å²) in [7, 11) is 0. The van der Waals surface area contributed by atoms with Gasteiger partial charge in [0.25, 0.3) is 0 Å². The highest BCUT2D eigenvalue weighted by atomic mass is 35.5. The molecule has 2 aromatic rings. The van der Waals surface area contributed by atoms with Crippen molar-refractivity contribution in [1.29, 1.82) is 0 Å². The number of amides is 1. The van der Waals surface area contributed by atoms with E-state index in [-0.39, 0.29) is 43.5 Å². The van der Waals surface area contributed by atoms with Crippen molar-refractivity contribution >= 4 is 35.1 Å². The Hall–Kier alpha value is -2.12. The minimum absolute atomic E-state index is 0.118. The van der Waals surface area contributed by atoms with Crippen LogP contribution in [0.3, 0.4) is 0 Å². The average Bonchev–Trinajstić information content (AvgIpc) is 2.78. The zero-order chi connectivity index (χ0) is 25.8. The molecular formula is C27H33Cl2NO5. The molecule has 1 heterocycles. The number of halogens is 2. The largest absolute Gasteiger partial charge is 0.481 e. The summed E-state index contributed by atoms with van der Waals surface area (Å²) in [6, 6.07) is 14.2. The highest BCUT2D eigenvalue weighted by Crippen LogP contribution is 2.47. The molecule has 3 unspecified atom stereocenters. The van der Waals surface area contributed by atoms with Crippen LogP contribution < -0.4 is 0 Å². The Morgan fingerprint density at radius 1 is 1.14 bits per heavy atom. The highest BCUT2D eigenvalue weighted by molar-refractivity contribution is 6.30. The molecule has 1 amide bonds. The van der Waals surface area contributed by atoms with Gasteiger partial charge in [0.05, 0.1) is 37.3 Å². The SMILES string of the molecule is CCC(COCC(C)(C)O)N1C(=O)[C@H](CC(=O)O)CC(c2cccc(Cl)c2)C1c1ccc(Cl)cc1. The number of benzene rings is 2. The molecule has 1 saturated heterocycles. The molecule has 2 N–H and O–H groups in total. The summed E-state index contributed by atoms with van der Waals surface area (Å²) in [5, 5.41) is 20.8. The fourth-order valence-electron chi connectivity index (χ4n) is 4.81. The molecule has 0 aromatic heterocycles. The summed E-state index contributed by atoms with van der Waals surface area (Å²) in [5.41, 5.74) is 0.842. The number of hydrogen-bond acceptors (Lipinski definition) is 4. The summed E-state index contributed by atoms with van der Waals surface area (Å²) in [6.07, 6.45) is 0.737. The van der Waals surface area contributed by atoms with Gasteiger partial charge >= 0.3 is 5.97 Å². The van der Waals surface area contributed by atoms with E-state index in [0.29, 0.717) is 22.9 Å². The van der Waals surface area contributed by atoms with Crippen molar-refractivity contribution in [2.45, 2.75) is 63.6 Å². The van der Waals surface area contributed by atoms with Crippen molar-refractivity contribution in [3.63, 3.8) is 0 Å². The molecule has 6 nitrogen and oxygen atoms in total. The number of carboxylic acids is 1. The van der Waals surface area contributed by atoms with Crippen LogP contribution in [0.15, 0.2) is 48.5 Å². The Bertz CT molecular complexity index is 1020. The number of carbonyl (C=O) groups is 2. The first-order valence-corrected chi connectivity index (χ1v) is 12.6. The molecule has 190 valence electrons. The lowest BCUT2D eigenvalue weighted by atomic mass is 9.74. The topological polar surface area (TPSA) is 87.1 Å². The van der Waals surface area contributed by atoms with Crippen LogP contribution in [0.4, 0.5) is 0 Å². The van der Waals surface area contributed by atoms with Gasteiger partial charge in [-0.15, -0.1) is 0 Å². The van der Waals surface area contributed by atoms with Gasteiger partial charge in [0.1, 0.15) is 0 Å². The first-order chi connectivity index (χ1) is 16.5. The summed E-state index contributed by atoms with van der Waals surface area (Å²) >= 11 is 12.5. The molecule has 0 spiro atoms. The van der Waals surface area contributed by atoms with E-state index in [0.717, 1.165) is 11.1 Å². The fourth-order valence-corrected chi connectivity index (χ4v) is 5.14. The molecule has 35 heavy (non-hydrogen) atoms. The normalized spacial score (nSPS) is 21.7. The monoisotopic (exact) mass is 521 g/mol. The van der Waals surface area contributed by atoms with Gasteiger partial charge in [0.15, 0.2) is 0 Å². The van der Waals surface area contributed by atoms with Gasteiger partial charge in [0.2, 0.25) is 5.91 Å². The van der Waals surface area contributed by atoms with E-state index in [1.54, 1.807) is 36.9 Å². The molecule has 4 atom stereocenters. The third kappa shape index (κ3) is 7.20. The van der Waals surface area contributed by atoms with Crippen LogP contribution in [0.5, 0.6) is 0 Å². The van der Waals surface area contributed by atoms with Crippen molar-refractivity contribution in [3.05, 3.63) is 69.7 Å². The fraction of sp³-hybridized carbons (Fsp3) is 0.481. The van der Waals surface area contributed by atoms with Gasteiger partial charge in [-0.2, -0.15) is 0 Å². The standard InChI is InChI=1S/C27H33Cl2NO5/c1-4-22(15-35-16-27(2,3)34)30-25(17-8-10-20(28)11-9-17)23(18-6-5-7-21(29)12-18)13-19(26(30)33)14-24(31)32/h5-12,19,22-23,25,34H,4,13-16H2,1-3H3,(H,31,32)/t19-,22?,23?,25?/m0/s1. The van der Waals surface area contributed by atoms with Crippen LogP contribution in [0.2, 0.25) is 10.0 Å². The molecule has 0 saturated carbocycles. The summed E-state index contributed by atoms with van der Waals surface area (Å²) in [5.74, 6) is -2.07. The number of nitrogens with zero attached hydrogens (tertiary/aromatic N) is 1. The van der Waals surface area contributed by atoms with Gasteiger partial charge in [-0.3, -0.25) is 9.59 Å². The third-order valence-corrected chi connectivity index (χ3v) is 6.85. The van der Waals surface area contributed by atoms with E-state index in [1.165, 1.54) is 0 Å². The second kappa shape index (κ2) is 11.7. The van der Waals surface area contributed by atoms with E-state index < -0.39 is 17.5 Å². The van der Waals surface area contributed by atoms with Crippen LogP contribution in [0.1, 0.15) is 63.1 Å². The van der Waals surface area contributed by atoms with Gasteiger partial charge < -0.3 is 19.8 Å². The minimum atomic E-state index is -1.01. The molecule has 1 aliphatic rings. The van der Waals surface area contributed by atoms with Crippen LogP contribution in [0, 0.1) is 5.92 Å². The molecular weight excluding hydrogens is 489 g/mol. The Morgan fingerprint density at radius 3 is 2.40 bits per heavy atom. The number of hydrogen-bond donors (Lipinski definition) is 2. The van der Waals surface area contributed by atoms with Crippen LogP contribution in [-0.2, 0) is 14.3 Å². The van der Waals surface area contributed by atoms with Gasteiger partial charge in [-0.05, 0) is 62.1 Å². The van der Waals surface area contributed by atoms with Crippen molar-refractivity contribution in [2.75, 3.05) is 13.2 Å². The maximum atomic E-state index is 13.8. The number of piperidine rings is 1. The lowest BCUT2D eigenvalue weighted by molar-refractivity contribution is -0.154. The van der Waals surface area contributed by atoms with Crippen LogP contribution >= 0.6 is 23.2 Å². The molecule has 2 aromatic carbocycles. The minimum Gasteiger partial charge on any atom is -0.481 e.